The number of rotatable bonds is 8. The largest absolute Gasteiger partial charge is 0.367 e. The zero-order valence-electron chi connectivity index (χ0n) is 22.7. The van der Waals surface area contributed by atoms with Crippen LogP contribution in [0.2, 0.25) is 5.02 Å². The van der Waals surface area contributed by atoms with Gasteiger partial charge >= 0.3 is 0 Å². The lowest BCUT2D eigenvalue weighted by atomic mass is 9.68. The molecule has 0 unspecified atom stereocenters. The fraction of sp³-hybridized carbons (Fsp3) is 0.235. The van der Waals surface area contributed by atoms with E-state index in [1.54, 1.807) is 0 Å². The van der Waals surface area contributed by atoms with Crippen LogP contribution in [0.4, 0.5) is 5.82 Å². The first-order valence-corrected chi connectivity index (χ1v) is 15.3. The van der Waals surface area contributed by atoms with Crippen molar-refractivity contribution >= 4 is 44.9 Å². The van der Waals surface area contributed by atoms with Crippen molar-refractivity contribution in [1.82, 2.24) is 14.7 Å². The first-order chi connectivity index (χ1) is 20.0. The number of nitrogens with zero attached hydrogens (tertiary/aromatic N) is 2. The Labute approximate surface area is 254 Å². The number of fused-ring (bicyclic) bond motifs is 1. The Morgan fingerprint density at radius 2 is 1.56 bits per heavy atom. The van der Waals surface area contributed by atoms with E-state index < -0.39 is 5.41 Å². The van der Waals surface area contributed by atoms with E-state index in [4.69, 9.17) is 16.6 Å². The molecule has 1 aliphatic carbocycles. The van der Waals surface area contributed by atoms with Crippen LogP contribution in [0.5, 0.6) is 0 Å². The predicted molar refractivity (Wildman–Crippen MR) is 170 cm³/mol. The fourth-order valence-corrected chi connectivity index (χ4v) is 6.50. The number of benzene rings is 3. The summed E-state index contributed by atoms with van der Waals surface area (Å²) in [5, 5.41) is 7.49. The van der Waals surface area contributed by atoms with Gasteiger partial charge in [0.1, 0.15) is 5.82 Å². The molecule has 3 aromatic carbocycles. The summed E-state index contributed by atoms with van der Waals surface area (Å²) >= 11 is 10.1. The van der Waals surface area contributed by atoms with Gasteiger partial charge in [-0.1, -0.05) is 104 Å². The Kier molecular flexibility index (Phi) is 8.13. The highest BCUT2D eigenvalue weighted by atomic mass is 79.9. The molecule has 0 aliphatic heterocycles. The van der Waals surface area contributed by atoms with Crippen molar-refractivity contribution in [2.24, 2.45) is 0 Å². The Balaban J connectivity index is 1.14. The van der Waals surface area contributed by atoms with Crippen LogP contribution in [0, 0.1) is 0 Å². The van der Waals surface area contributed by atoms with E-state index in [9.17, 15) is 4.79 Å². The minimum absolute atomic E-state index is 0.142. The highest BCUT2D eigenvalue weighted by Gasteiger charge is 2.40. The van der Waals surface area contributed by atoms with Crippen LogP contribution in [0.1, 0.15) is 48.8 Å². The summed E-state index contributed by atoms with van der Waals surface area (Å²) in [4.78, 5) is 18.4. The number of amides is 1. The molecule has 2 aromatic heterocycles. The van der Waals surface area contributed by atoms with Crippen LogP contribution in [0.25, 0.3) is 16.9 Å². The second-order valence-corrected chi connectivity index (χ2v) is 12.0. The van der Waals surface area contributed by atoms with Gasteiger partial charge in [-0.2, -0.15) is 0 Å². The number of hydrogen-bond donors (Lipinski definition) is 2. The van der Waals surface area contributed by atoms with Crippen LogP contribution in [0.15, 0.2) is 102 Å². The van der Waals surface area contributed by atoms with Crippen LogP contribution < -0.4 is 10.6 Å². The van der Waals surface area contributed by atoms with E-state index in [-0.39, 0.29) is 5.91 Å². The summed E-state index contributed by atoms with van der Waals surface area (Å²) in [5.41, 5.74) is 5.46. The Morgan fingerprint density at radius 1 is 0.878 bits per heavy atom. The standard InChI is InChI=1S/C34H32BrClN4O/c35-28-17-20-40-31(21-30(39-32(28)40)27-11-5-6-12-29(27)36)37-22-24-13-15-25(16-14-24)23-38-33(41)34(18-7-2-8-19-34)26-9-3-1-4-10-26/h1,3-6,9-17,20-21,37H,2,7-8,18-19,22-23H2,(H,38,41). The number of carbonyl (C=O) groups excluding carboxylic acids is 1. The van der Waals surface area contributed by atoms with Gasteiger partial charge in [-0.3, -0.25) is 9.20 Å². The number of halogens is 2. The summed E-state index contributed by atoms with van der Waals surface area (Å²) in [6, 6.07) is 30.5. The molecule has 2 heterocycles. The normalized spacial score (nSPS) is 14.6. The molecule has 7 heteroatoms. The third-order valence-electron chi connectivity index (χ3n) is 8.14. The third kappa shape index (κ3) is 5.77. The lowest BCUT2D eigenvalue weighted by Gasteiger charge is -2.36. The highest BCUT2D eigenvalue weighted by molar-refractivity contribution is 9.10. The summed E-state index contributed by atoms with van der Waals surface area (Å²) in [7, 11) is 0. The van der Waals surface area contributed by atoms with Crippen molar-refractivity contribution in [3.8, 4) is 11.3 Å². The van der Waals surface area contributed by atoms with E-state index in [1.165, 1.54) is 6.42 Å². The minimum atomic E-state index is -0.421. The molecule has 6 rings (SSSR count). The summed E-state index contributed by atoms with van der Waals surface area (Å²) in [5.74, 6) is 1.06. The van der Waals surface area contributed by atoms with Crippen LogP contribution in [-0.4, -0.2) is 15.3 Å². The smallest absolute Gasteiger partial charge is 0.230 e. The average molecular weight is 628 g/mol. The molecule has 1 fully saturated rings. The molecular weight excluding hydrogens is 596 g/mol. The topological polar surface area (TPSA) is 58.4 Å². The Hall–Kier alpha value is -3.61. The minimum Gasteiger partial charge on any atom is -0.367 e. The van der Waals surface area contributed by atoms with E-state index in [1.807, 2.05) is 65.2 Å². The molecule has 5 nitrogen and oxygen atoms in total. The monoisotopic (exact) mass is 626 g/mol. The van der Waals surface area contributed by atoms with Crippen molar-refractivity contribution < 1.29 is 4.79 Å². The summed E-state index contributed by atoms with van der Waals surface area (Å²) in [6.45, 7) is 1.16. The van der Waals surface area contributed by atoms with Crippen molar-refractivity contribution in [2.45, 2.75) is 50.6 Å². The molecular formula is C34H32BrClN4O. The maximum Gasteiger partial charge on any atom is 0.230 e. The van der Waals surface area contributed by atoms with Gasteiger partial charge in [-0.05, 0) is 57.6 Å². The van der Waals surface area contributed by atoms with Gasteiger partial charge in [0, 0.05) is 35.9 Å². The lowest BCUT2D eigenvalue weighted by Crippen LogP contribution is -2.45. The first kappa shape index (κ1) is 27.6. The fourth-order valence-electron chi connectivity index (χ4n) is 5.87. The molecule has 1 saturated carbocycles. The lowest BCUT2D eigenvalue weighted by molar-refractivity contribution is -0.128. The van der Waals surface area contributed by atoms with E-state index in [0.717, 1.165) is 69.6 Å². The van der Waals surface area contributed by atoms with Gasteiger partial charge in [0.25, 0.3) is 0 Å². The molecule has 5 aromatic rings. The van der Waals surface area contributed by atoms with Gasteiger partial charge in [0.15, 0.2) is 5.65 Å². The van der Waals surface area contributed by atoms with Gasteiger partial charge in [-0.25, -0.2) is 4.98 Å². The maximum atomic E-state index is 13.5. The molecule has 208 valence electrons. The summed E-state index contributed by atoms with van der Waals surface area (Å²) < 4.78 is 2.95. The first-order valence-electron chi connectivity index (χ1n) is 14.1. The van der Waals surface area contributed by atoms with E-state index in [0.29, 0.717) is 18.1 Å². The van der Waals surface area contributed by atoms with Gasteiger partial charge in [0.2, 0.25) is 5.91 Å². The molecule has 0 radical (unpaired) electrons. The van der Waals surface area contributed by atoms with E-state index in [2.05, 4.69) is 63.0 Å². The van der Waals surface area contributed by atoms with Crippen molar-refractivity contribution in [3.63, 3.8) is 0 Å². The predicted octanol–water partition coefficient (Wildman–Crippen LogP) is 8.55. The molecule has 0 bridgehead atoms. The third-order valence-corrected chi connectivity index (χ3v) is 9.09. The quantitative estimate of drug-likeness (QED) is 0.181. The second kappa shape index (κ2) is 12.1. The molecule has 1 aliphatic rings. The molecule has 0 atom stereocenters. The summed E-state index contributed by atoms with van der Waals surface area (Å²) in [6.07, 6.45) is 7.19. The molecule has 2 N–H and O–H groups in total. The zero-order valence-corrected chi connectivity index (χ0v) is 25.1. The Morgan fingerprint density at radius 3 is 2.29 bits per heavy atom. The van der Waals surface area contributed by atoms with Crippen LogP contribution >= 0.6 is 27.5 Å². The van der Waals surface area contributed by atoms with Crippen molar-refractivity contribution in [3.05, 3.63) is 123 Å². The molecule has 1 amide bonds. The number of hydrogen-bond acceptors (Lipinski definition) is 3. The number of anilines is 1. The highest BCUT2D eigenvalue weighted by Crippen LogP contribution is 2.40. The second-order valence-electron chi connectivity index (χ2n) is 10.7. The van der Waals surface area contributed by atoms with Crippen molar-refractivity contribution in [2.75, 3.05) is 5.32 Å². The van der Waals surface area contributed by atoms with E-state index >= 15 is 0 Å². The average Bonchev–Trinajstić information content (AvgIpc) is 3.40. The number of nitrogens with one attached hydrogen (secondary N) is 2. The SMILES string of the molecule is O=C(NCc1ccc(CNc2cc(-c3ccccc3Cl)nc3c(Br)ccn23)cc1)C1(c2ccccc2)CCCCC1. The molecule has 0 spiro atoms. The van der Waals surface area contributed by atoms with Gasteiger partial charge in [-0.15, -0.1) is 0 Å². The van der Waals surface area contributed by atoms with Gasteiger partial charge < -0.3 is 10.6 Å². The maximum absolute atomic E-state index is 13.5. The van der Waals surface area contributed by atoms with Crippen molar-refractivity contribution in [1.29, 1.82) is 0 Å². The van der Waals surface area contributed by atoms with Crippen LogP contribution in [0.3, 0.4) is 0 Å². The van der Waals surface area contributed by atoms with Gasteiger partial charge in [0.05, 0.1) is 15.6 Å². The van der Waals surface area contributed by atoms with Crippen LogP contribution in [-0.2, 0) is 23.3 Å². The zero-order chi connectivity index (χ0) is 28.2. The number of carbonyl (C=O) groups is 1. The molecule has 0 saturated heterocycles. The number of aromatic nitrogens is 2. The Bertz CT molecular complexity index is 1660. The molecule has 41 heavy (non-hydrogen) atoms.